The number of rotatable bonds is 7. The molecule has 10 rings (SSSR count). The maximum atomic E-state index is 14.7. The summed E-state index contributed by atoms with van der Waals surface area (Å²) < 4.78 is 33.3. The molecule has 0 spiro atoms. The predicted molar refractivity (Wildman–Crippen MR) is 219 cm³/mol. The maximum Gasteiger partial charge on any atom is 0.264 e. The van der Waals surface area contributed by atoms with Gasteiger partial charge in [-0.3, -0.25) is 48.5 Å². The number of alkyl halides is 2. The lowest BCUT2D eigenvalue weighted by Gasteiger charge is -2.36. The summed E-state index contributed by atoms with van der Waals surface area (Å²) in [4.78, 5) is 71.9. The van der Waals surface area contributed by atoms with E-state index in [0.29, 0.717) is 60.8 Å². The van der Waals surface area contributed by atoms with Crippen LogP contribution < -0.4 is 10.2 Å². The van der Waals surface area contributed by atoms with Crippen molar-refractivity contribution in [2.75, 3.05) is 31.1 Å². The largest absolute Gasteiger partial charge is 0.338 e. The molecule has 5 aliphatic heterocycles. The minimum Gasteiger partial charge on any atom is -0.338 e. The maximum absolute atomic E-state index is 14.7. The van der Waals surface area contributed by atoms with Gasteiger partial charge in [0.1, 0.15) is 6.04 Å². The number of nitrogens with one attached hydrogen (secondary N) is 1. The quantitative estimate of drug-likeness (QED) is 0.242. The van der Waals surface area contributed by atoms with Crippen molar-refractivity contribution < 1.29 is 32.8 Å². The van der Waals surface area contributed by atoms with Gasteiger partial charge in [-0.15, -0.1) is 0 Å². The molecule has 318 valence electrons. The van der Waals surface area contributed by atoms with Crippen LogP contribution in [0.5, 0.6) is 0 Å². The summed E-state index contributed by atoms with van der Waals surface area (Å²) in [6.45, 7) is 5.47. The van der Waals surface area contributed by atoms with Crippen LogP contribution >= 0.6 is 0 Å². The molecule has 4 aromatic rings. The van der Waals surface area contributed by atoms with E-state index in [1.165, 1.54) is 0 Å². The van der Waals surface area contributed by atoms with Crippen molar-refractivity contribution in [2.24, 2.45) is 13.0 Å². The van der Waals surface area contributed by atoms with E-state index in [1.54, 1.807) is 43.2 Å². The Balaban J connectivity index is 0.872. The third-order valence-corrected chi connectivity index (χ3v) is 14.0. The van der Waals surface area contributed by atoms with Gasteiger partial charge in [0.25, 0.3) is 18.2 Å². The highest BCUT2D eigenvalue weighted by Gasteiger charge is 2.46. The van der Waals surface area contributed by atoms with Gasteiger partial charge < -0.3 is 9.80 Å². The van der Waals surface area contributed by atoms with Crippen molar-refractivity contribution >= 4 is 41.0 Å². The lowest BCUT2D eigenvalue weighted by atomic mass is 9.84. The Morgan fingerprint density at radius 1 is 0.885 bits per heavy atom. The second-order valence-corrected chi connectivity index (χ2v) is 17.6. The number of amides is 5. The number of anilines is 2. The second kappa shape index (κ2) is 15.3. The Labute approximate surface area is 351 Å². The van der Waals surface area contributed by atoms with Gasteiger partial charge in [0.15, 0.2) is 5.82 Å². The third-order valence-electron chi connectivity index (χ3n) is 14.0. The molecule has 14 nitrogen and oxygen atoms in total. The topological polar surface area (TPSA) is 146 Å². The summed E-state index contributed by atoms with van der Waals surface area (Å²) in [5, 5.41) is 11.9. The second-order valence-electron chi connectivity index (χ2n) is 17.6. The summed E-state index contributed by atoms with van der Waals surface area (Å²) in [7, 11) is 1.78. The van der Waals surface area contributed by atoms with Gasteiger partial charge in [-0.1, -0.05) is 6.07 Å². The molecule has 1 saturated carbocycles. The summed E-state index contributed by atoms with van der Waals surface area (Å²) in [5.41, 5.74) is 7.58. The van der Waals surface area contributed by atoms with Crippen molar-refractivity contribution in [2.45, 2.75) is 103 Å². The van der Waals surface area contributed by atoms with E-state index in [1.807, 2.05) is 17.0 Å². The van der Waals surface area contributed by atoms with Crippen LogP contribution in [0.3, 0.4) is 0 Å². The normalized spacial score (nSPS) is 23.0. The molecule has 6 aliphatic rings. The van der Waals surface area contributed by atoms with Gasteiger partial charge in [-0.25, -0.2) is 8.78 Å². The first kappa shape index (κ1) is 39.4. The number of carbonyl (C=O) groups excluding carboxylic acids is 5. The number of aromatic nitrogens is 4. The molecule has 7 heterocycles. The van der Waals surface area contributed by atoms with Crippen LogP contribution in [0.2, 0.25) is 0 Å². The highest BCUT2D eigenvalue weighted by Crippen LogP contribution is 2.45. The summed E-state index contributed by atoms with van der Waals surface area (Å²) in [5.74, 6) is -0.788. The van der Waals surface area contributed by atoms with E-state index in [2.05, 4.69) is 24.9 Å². The van der Waals surface area contributed by atoms with Crippen LogP contribution in [0.1, 0.15) is 119 Å². The van der Waals surface area contributed by atoms with Crippen LogP contribution in [0.4, 0.5) is 20.3 Å². The van der Waals surface area contributed by atoms with E-state index in [9.17, 15) is 32.8 Å². The zero-order chi connectivity index (χ0) is 42.3. The number of piperidine rings is 1. The van der Waals surface area contributed by atoms with Crippen molar-refractivity contribution in [1.82, 2.24) is 39.6 Å². The fourth-order valence-corrected chi connectivity index (χ4v) is 10.8. The first-order valence-electron chi connectivity index (χ1n) is 21.6. The first-order valence-corrected chi connectivity index (χ1v) is 21.6. The lowest BCUT2D eigenvalue weighted by molar-refractivity contribution is -0.136. The number of carbonyl (C=O) groups is 5. The van der Waals surface area contributed by atoms with Crippen molar-refractivity contribution in [1.29, 1.82) is 0 Å². The SMILES string of the molecule is CC(=O)N1CCc2c(c(N3CCCc4cc(-c5cnn(C)c5)c(C(F)F)cc43)nn2C2CCC(CN3CCc4ccc5c(c4C3)C(=O)N(C3CCC(=O)NC3=O)C5=O)CC2)C1. The Bertz CT molecular complexity index is 2500. The number of benzene rings is 2. The number of aryl methyl sites for hydroxylation is 2. The number of fused-ring (bicyclic) bond motifs is 5. The van der Waals surface area contributed by atoms with Gasteiger partial charge >= 0.3 is 0 Å². The van der Waals surface area contributed by atoms with Gasteiger partial charge in [-0.2, -0.15) is 10.2 Å². The molecule has 1 saturated heterocycles. The molecule has 61 heavy (non-hydrogen) atoms. The zero-order valence-corrected chi connectivity index (χ0v) is 34.5. The van der Waals surface area contributed by atoms with Gasteiger partial charge in [-0.05, 0) is 97.7 Å². The van der Waals surface area contributed by atoms with Crippen LogP contribution in [0.25, 0.3) is 11.1 Å². The molecular weight excluding hydrogens is 785 g/mol. The van der Waals surface area contributed by atoms with Gasteiger partial charge in [0.05, 0.1) is 29.9 Å². The standard InChI is InChI=1S/C45H49F2N9O5/c1-25(57)53-17-14-36-35(24-53)42(54-15-3-4-28-18-32(29-20-48-51(2)22-29)33(41(46)47)19-38(28)54)50-56(36)30-8-5-26(6-9-30)21-52-16-13-27-7-10-31-40(34(27)23-52)45(61)55(44(31)60)37-11-12-39(58)49-43(37)59/h7,10,18-20,22,26,30,37,41H,3-6,8-9,11-17,21,23-24H2,1-2H3,(H,49,58,59). The van der Waals surface area contributed by atoms with Crippen molar-refractivity contribution in [3.8, 4) is 11.1 Å². The van der Waals surface area contributed by atoms with E-state index in [0.717, 1.165) is 102 Å². The lowest BCUT2D eigenvalue weighted by Crippen LogP contribution is -2.54. The number of halogens is 2. The fraction of sp³-hybridized carbons (Fsp3) is 0.489. The van der Waals surface area contributed by atoms with E-state index >= 15 is 0 Å². The molecule has 2 fully saturated rings. The summed E-state index contributed by atoms with van der Waals surface area (Å²) in [6, 6.07) is 6.33. The minimum absolute atomic E-state index is 0.00195. The van der Waals surface area contributed by atoms with E-state index in [-0.39, 0.29) is 30.4 Å². The third kappa shape index (κ3) is 6.82. The Kier molecular flexibility index (Phi) is 9.87. The van der Waals surface area contributed by atoms with Gasteiger partial charge in [0.2, 0.25) is 17.7 Å². The van der Waals surface area contributed by atoms with Crippen LogP contribution in [-0.4, -0.2) is 96.0 Å². The number of imide groups is 2. The average molecular weight is 834 g/mol. The van der Waals surface area contributed by atoms with E-state index < -0.39 is 36.1 Å². The van der Waals surface area contributed by atoms with Crippen LogP contribution in [0, 0.1) is 5.92 Å². The Morgan fingerprint density at radius 2 is 1.70 bits per heavy atom. The molecule has 1 atom stereocenters. The predicted octanol–water partition coefficient (Wildman–Crippen LogP) is 5.40. The number of hydrogen-bond donors (Lipinski definition) is 1. The summed E-state index contributed by atoms with van der Waals surface area (Å²) in [6.07, 6.45) is 7.72. The molecule has 5 amide bonds. The molecule has 1 unspecified atom stereocenters. The number of nitrogens with zero attached hydrogens (tertiary/aromatic N) is 8. The first-order chi connectivity index (χ1) is 29.4. The smallest absolute Gasteiger partial charge is 0.264 e. The van der Waals surface area contributed by atoms with Gasteiger partial charge in [0, 0.05) is 93.8 Å². The van der Waals surface area contributed by atoms with Crippen LogP contribution in [-0.2, 0) is 53.8 Å². The molecule has 1 aliphatic carbocycles. The zero-order valence-electron chi connectivity index (χ0n) is 34.5. The molecule has 0 bridgehead atoms. The Hall–Kier alpha value is -5.77. The molecule has 1 N–H and O–H groups in total. The number of hydrogen-bond acceptors (Lipinski definition) is 9. The molecule has 16 heteroatoms. The highest BCUT2D eigenvalue weighted by molar-refractivity contribution is 6.24. The molecular formula is C45H49F2N9O5. The van der Waals surface area contributed by atoms with Crippen LogP contribution in [0.15, 0.2) is 36.7 Å². The minimum atomic E-state index is -2.68. The Morgan fingerprint density at radius 3 is 2.44 bits per heavy atom. The highest BCUT2D eigenvalue weighted by atomic mass is 19.3. The monoisotopic (exact) mass is 833 g/mol. The molecule has 2 aromatic carbocycles. The average Bonchev–Trinajstić information content (AvgIpc) is 3.93. The van der Waals surface area contributed by atoms with E-state index in [4.69, 9.17) is 5.10 Å². The summed E-state index contributed by atoms with van der Waals surface area (Å²) >= 11 is 0. The molecule has 2 aromatic heterocycles. The fourth-order valence-electron chi connectivity index (χ4n) is 10.8. The molecule has 0 radical (unpaired) electrons. The van der Waals surface area contributed by atoms with Crippen molar-refractivity contribution in [3.63, 3.8) is 0 Å². The van der Waals surface area contributed by atoms with Crippen molar-refractivity contribution in [3.05, 3.63) is 81.3 Å².